The molecule has 1 heterocycles. The minimum Gasteiger partial charge on any atom is -0.481 e. The second-order valence-corrected chi connectivity index (χ2v) is 6.11. The molecule has 1 N–H and O–H groups in total. The highest BCUT2D eigenvalue weighted by molar-refractivity contribution is 7.18. The highest BCUT2D eigenvalue weighted by Crippen LogP contribution is 2.51. The van der Waals surface area contributed by atoms with E-state index in [-0.39, 0.29) is 11.8 Å². The van der Waals surface area contributed by atoms with Gasteiger partial charge in [0.2, 0.25) is 0 Å². The zero-order chi connectivity index (χ0) is 12.8. The first-order valence-corrected chi connectivity index (χ1v) is 7.06. The number of nitrogens with zero attached hydrogens (tertiary/aromatic N) is 1. The summed E-state index contributed by atoms with van der Waals surface area (Å²) >= 11 is 1.72. The fourth-order valence-electron chi connectivity index (χ4n) is 2.46. The van der Waals surface area contributed by atoms with E-state index in [1.807, 2.05) is 6.07 Å². The van der Waals surface area contributed by atoms with Gasteiger partial charge in [-0.05, 0) is 37.0 Å². The normalized spacial score (nSPS) is 16.9. The summed E-state index contributed by atoms with van der Waals surface area (Å²) in [5, 5.41) is 10.1. The standard InChI is InChI=1S/C14H15NO2S/c1-2-12-15-10-4-3-9(7-11(10)18-12)14(5-6-14)8-13(16)17/h3-4,7H,2,5-6,8H2,1H3,(H,16,17). The van der Waals surface area contributed by atoms with Crippen molar-refractivity contribution in [3.05, 3.63) is 28.8 Å². The number of aromatic nitrogens is 1. The Morgan fingerprint density at radius 2 is 2.28 bits per heavy atom. The van der Waals surface area contributed by atoms with E-state index in [4.69, 9.17) is 5.11 Å². The first-order chi connectivity index (χ1) is 8.63. The van der Waals surface area contributed by atoms with Gasteiger partial charge in [-0.15, -0.1) is 11.3 Å². The summed E-state index contributed by atoms with van der Waals surface area (Å²) in [7, 11) is 0. The molecule has 0 aliphatic heterocycles. The Kier molecular flexibility index (Phi) is 2.63. The average molecular weight is 261 g/mol. The van der Waals surface area contributed by atoms with E-state index in [0.717, 1.165) is 29.8 Å². The molecular weight excluding hydrogens is 246 g/mol. The van der Waals surface area contributed by atoms with Gasteiger partial charge in [-0.25, -0.2) is 4.98 Å². The van der Waals surface area contributed by atoms with Crippen LogP contribution in [0.5, 0.6) is 0 Å². The highest BCUT2D eigenvalue weighted by Gasteiger charge is 2.46. The number of carbonyl (C=O) groups is 1. The Bertz CT molecular complexity index is 613. The predicted octanol–water partition coefficient (Wildman–Crippen LogP) is 3.37. The van der Waals surface area contributed by atoms with Crippen LogP contribution in [0.4, 0.5) is 0 Å². The molecule has 0 amide bonds. The Balaban J connectivity index is 2.00. The van der Waals surface area contributed by atoms with E-state index in [2.05, 4.69) is 24.0 Å². The van der Waals surface area contributed by atoms with Crippen molar-refractivity contribution in [2.75, 3.05) is 0 Å². The monoisotopic (exact) mass is 261 g/mol. The average Bonchev–Trinajstić information content (AvgIpc) is 2.98. The van der Waals surface area contributed by atoms with Crippen LogP contribution in [0.2, 0.25) is 0 Å². The van der Waals surface area contributed by atoms with Crippen molar-refractivity contribution in [3.8, 4) is 0 Å². The van der Waals surface area contributed by atoms with Crippen molar-refractivity contribution < 1.29 is 9.90 Å². The summed E-state index contributed by atoms with van der Waals surface area (Å²) in [6, 6.07) is 6.22. The van der Waals surface area contributed by atoms with Crippen molar-refractivity contribution in [3.63, 3.8) is 0 Å². The fourth-order valence-corrected chi connectivity index (χ4v) is 3.41. The molecule has 3 rings (SSSR count). The second kappa shape index (κ2) is 4.05. The lowest BCUT2D eigenvalue weighted by molar-refractivity contribution is -0.137. The van der Waals surface area contributed by atoms with E-state index in [1.54, 1.807) is 11.3 Å². The Labute approximate surface area is 109 Å². The summed E-state index contributed by atoms with van der Waals surface area (Å²) in [6.45, 7) is 2.10. The van der Waals surface area contributed by atoms with Gasteiger partial charge in [0.1, 0.15) is 0 Å². The number of carboxylic acid groups (broad SMARTS) is 1. The van der Waals surface area contributed by atoms with Gasteiger partial charge >= 0.3 is 5.97 Å². The van der Waals surface area contributed by atoms with Crippen LogP contribution in [-0.4, -0.2) is 16.1 Å². The summed E-state index contributed by atoms with van der Waals surface area (Å²) in [5.41, 5.74) is 2.10. The number of thiazole rings is 1. The van der Waals surface area contributed by atoms with E-state index >= 15 is 0 Å². The first-order valence-electron chi connectivity index (χ1n) is 6.25. The smallest absolute Gasteiger partial charge is 0.304 e. The summed E-state index contributed by atoms with van der Waals surface area (Å²) in [6.07, 6.45) is 3.18. The molecule has 1 fully saturated rings. The maximum Gasteiger partial charge on any atom is 0.304 e. The molecule has 18 heavy (non-hydrogen) atoms. The number of benzene rings is 1. The molecule has 94 valence electrons. The lowest BCUT2D eigenvalue weighted by Gasteiger charge is -2.12. The number of carboxylic acids is 1. The van der Waals surface area contributed by atoms with Crippen molar-refractivity contribution in [2.24, 2.45) is 0 Å². The topological polar surface area (TPSA) is 50.2 Å². The van der Waals surface area contributed by atoms with Crippen molar-refractivity contribution in [1.29, 1.82) is 0 Å². The van der Waals surface area contributed by atoms with Crippen LogP contribution in [0, 0.1) is 0 Å². The minimum atomic E-state index is -0.703. The molecule has 1 aliphatic carbocycles. The van der Waals surface area contributed by atoms with Gasteiger partial charge in [0.15, 0.2) is 0 Å². The van der Waals surface area contributed by atoms with E-state index in [0.29, 0.717) is 0 Å². The lowest BCUT2D eigenvalue weighted by Crippen LogP contribution is -2.12. The number of rotatable bonds is 4. The van der Waals surface area contributed by atoms with Crippen molar-refractivity contribution in [1.82, 2.24) is 4.98 Å². The number of hydrogen-bond acceptors (Lipinski definition) is 3. The van der Waals surface area contributed by atoms with Gasteiger partial charge in [-0.1, -0.05) is 13.0 Å². The molecule has 0 saturated heterocycles. The quantitative estimate of drug-likeness (QED) is 0.918. The molecule has 0 atom stereocenters. The minimum absolute atomic E-state index is 0.101. The molecular formula is C14H15NO2S. The SMILES string of the molecule is CCc1nc2ccc(C3(CC(=O)O)CC3)cc2s1. The maximum atomic E-state index is 10.9. The third kappa shape index (κ3) is 1.90. The Morgan fingerprint density at radius 3 is 2.89 bits per heavy atom. The van der Waals surface area contributed by atoms with Crippen LogP contribution < -0.4 is 0 Å². The summed E-state index contributed by atoms with van der Waals surface area (Å²) in [4.78, 5) is 15.5. The molecule has 1 aliphatic rings. The third-order valence-corrected chi connectivity index (χ3v) is 4.85. The zero-order valence-electron chi connectivity index (χ0n) is 10.3. The van der Waals surface area contributed by atoms with E-state index in [1.165, 1.54) is 10.3 Å². The van der Waals surface area contributed by atoms with Gasteiger partial charge in [0, 0.05) is 5.41 Å². The Hall–Kier alpha value is -1.42. The Morgan fingerprint density at radius 1 is 1.50 bits per heavy atom. The lowest BCUT2D eigenvalue weighted by atomic mass is 9.92. The number of aryl methyl sites for hydroxylation is 1. The number of hydrogen-bond donors (Lipinski definition) is 1. The van der Waals surface area contributed by atoms with Crippen LogP contribution in [0.1, 0.15) is 36.8 Å². The van der Waals surface area contributed by atoms with Gasteiger partial charge in [0.05, 0.1) is 21.6 Å². The fraction of sp³-hybridized carbons (Fsp3) is 0.429. The van der Waals surface area contributed by atoms with Crippen LogP contribution in [-0.2, 0) is 16.6 Å². The molecule has 0 spiro atoms. The number of fused-ring (bicyclic) bond motifs is 1. The zero-order valence-corrected chi connectivity index (χ0v) is 11.1. The molecule has 2 aromatic rings. The van der Waals surface area contributed by atoms with Crippen LogP contribution >= 0.6 is 11.3 Å². The van der Waals surface area contributed by atoms with Crippen molar-refractivity contribution in [2.45, 2.75) is 38.0 Å². The van der Waals surface area contributed by atoms with Crippen LogP contribution in [0.3, 0.4) is 0 Å². The molecule has 1 aromatic heterocycles. The van der Waals surface area contributed by atoms with Crippen LogP contribution in [0.15, 0.2) is 18.2 Å². The van der Waals surface area contributed by atoms with Gasteiger partial charge in [-0.3, -0.25) is 4.79 Å². The molecule has 0 radical (unpaired) electrons. The van der Waals surface area contributed by atoms with Crippen molar-refractivity contribution >= 4 is 27.5 Å². The summed E-state index contributed by atoms with van der Waals surface area (Å²) < 4.78 is 1.18. The van der Waals surface area contributed by atoms with Gasteiger partial charge < -0.3 is 5.11 Å². The maximum absolute atomic E-state index is 10.9. The molecule has 3 nitrogen and oxygen atoms in total. The van der Waals surface area contributed by atoms with Gasteiger partial charge in [0.25, 0.3) is 0 Å². The second-order valence-electron chi connectivity index (χ2n) is 4.99. The largest absolute Gasteiger partial charge is 0.481 e. The third-order valence-electron chi connectivity index (χ3n) is 3.69. The first kappa shape index (κ1) is 11.7. The summed E-state index contributed by atoms with van der Waals surface area (Å²) in [5.74, 6) is -0.703. The number of aliphatic carboxylic acids is 1. The van der Waals surface area contributed by atoms with Crippen LogP contribution in [0.25, 0.3) is 10.2 Å². The predicted molar refractivity (Wildman–Crippen MR) is 72.2 cm³/mol. The molecule has 1 aromatic carbocycles. The highest BCUT2D eigenvalue weighted by atomic mass is 32.1. The molecule has 4 heteroatoms. The van der Waals surface area contributed by atoms with E-state index < -0.39 is 5.97 Å². The molecule has 1 saturated carbocycles. The van der Waals surface area contributed by atoms with E-state index in [9.17, 15) is 4.79 Å². The molecule has 0 unspecified atom stereocenters. The van der Waals surface area contributed by atoms with Gasteiger partial charge in [-0.2, -0.15) is 0 Å². The molecule has 0 bridgehead atoms.